The van der Waals surface area contributed by atoms with Gasteiger partial charge in [0.1, 0.15) is 4.90 Å². The molecule has 0 N–H and O–H groups in total. The predicted molar refractivity (Wildman–Crippen MR) is 141 cm³/mol. The first kappa shape index (κ1) is 28.0. The van der Waals surface area contributed by atoms with Crippen LogP contribution in [0.2, 0.25) is 0 Å². The number of carbonyl (C=O) groups excluding carboxylic acids is 1. The smallest absolute Gasteiger partial charge is 0.416 e. The first-order chi connectivity index (χ1) is 18.4. The summed E-state index contributed by atoms with van der Waals surface area (Å²) < 4.78 is 75.6. The Hall–Kier alpha value is -4.05. The second-order valence-electron chi connectivity index (χ2n) is 9.14. The Morgan fingerprint density at radius 1 is 0.872 bits per heavy atom. The molecule has 1 amide bonds. The summed E-state index contributed by atoms with van der Waals surface area (Å²) in [5.41, 5.74) is -0.0833. The minimum atomic E-state index is -4.72. The Kier molecular flexibility index (Phi) is 7.87. The molecule has 0 fully saturated rings. The van der Waals surface area contributed by atoms with Gasteiger partial charge >= 0.3 is 16.3 Å². The van der Waals surface area contributed by atoms with E-state index >= 15 is 0 Å². The number of amides is 1. The van der Waals surface area contributed by atoms with Crippen LogP contribution in [-0.4, -0.2) is 32.4 Å². The predicted octanol–water partition coefficient (Wildman–Crippen LogP) is 6.69. The highest BCUT2D eigenvalue weighted by Crippen LogP contribution is 2.34. The van der Waals surface area contributed by atoms with Crippen molar-refractivity contribution in [2.45, 2.75) is 37.5 Å². The number of carbonyl (C=O) groups is 1. The van der Waals surface area contributed by atoms with Crippen LogP contribution >= 0.6 is 0 Å². The van der Waals surface area contributed by atoms with Gasteiger partial charge in [0.05, 0.1) is 12.7 Å². The quantitative estimate of drug-likeness (QED) is 0.226. The minimum absolute atomic E-state index is 0.0613. The number of fused-ring (bicyclic) bond motifs is 1. The van der Waals surface area contributed by atoms with Crippen molar-refractivity contribution in [3.8, 4) is 11.5 Å². The van der Waals surface area contributed by atoms with Gasteiger partial charge in [-0.1, -0.05) is 42.5 Å². The third kappa shape index (κ3) is 6.34. The fourth-order valence-corrected chi connectivity index (χ4v) is 5.03. The largest absolute Gasteiger partial charge is 0.493 e. The SMILES string of the molecule is COc1ccc(CN(C(=O)c2ccc3ccccc3c2)C(C)C)cc1OS(=O)(=O)c1cccc(C(F)(F)F)c1. The van der Waals surface area contributed by atoms with Crippen molar-refractivity contribution in [1.82, 2.24) is 4.90 Å². The van der Waals surface area contributed by atoms with Gasteiger partial charge in [-0.2, -0.15) is 21.6 Å². The Bertz CT molecular complexity index is 1620. The van der Waals surface area contributed by atoms with E-state index < -0.39 is 26.8 Å². The van der Waals surface area contributed by atoms with E-state index in [0.717, 1.165) is 29.0 Å². The molecule has 0 saturated heterocycles. The molecule has 39 heavy (non-hydrogen) atoms. The number of nitrogens with zero attached hydrogens (tertiary/aromatic N) is 1. The van der Waals surface area contributed by atoms with Gasteiger partial charge in [0.15, 0.2) is 11.5 Å². The van der Waals surface area contributed by atoms with Gasteiger partial charge in [-0.25, -0.2) is 0 Å². The molecule has 0 atom stereocenters. The van der Waals surface area contributed by atoms with Crippen LogP contribution in [0.5, 0.6) is 11.5 Å². The normalized spacial score (nSPS) is 12.0. The molecular formula is C29H26F3NO5S. The fraction of sp³-hybridized carbons (Fsp3) is 0.207. The molecule has 0 unspecified atom stereocenters. The van der Waals surface area contributed by atoms with Crippen molar-refractivity contribution < 1.29 is 35.3 Å². The molecular weight excluding hydrogens is 531 g/mol. The average molecular weight is 558 g/mol. The third-order valence-corrected chi connectivity index (χ3v) is 7.34. The van der Waals surface area contributed by atoms with Crippen LogP contribution in [0.4, 0.5) is 13.2 Å². The second kappa shape index (κ2) is 11.0. The van der Waals surface area contributed by atoms with Crippen LogP contribution in [0.3, 0.4) is 0 Å². The van der Waals surface area contributed by atoms with E-state index in [1.165, 1.54) is 19.2 Å². The van der Waals surface area contributed by atoms with Crippen LogP contribution in [0, 0.1) is 0 Å². The maximum absolute atomic E-state index is 13.5. The lowest BCUT2D eigenvalue weighted by molar-refractivity contribution is -0.137. The van der Waals surface area contributed by atoms with E-state index in [1.54, 1.807) is 17.0 Å². The molecule has 0 aromatic heterocycles. The molecule has 6 nitrogen and oxygen atoms in total. The lowest BCUT2D eigenvalue weighted by Gasteiger charge is -2.27. The summed E-state index contributed by atoms with van der Waals surface area (Å²) in [4.78, 5) is 14.4. The van der Waals surface area contributed by atoms with Gasteiger partial charge in [-0.15, -0.1) is 0 Å². The summed E-state index contributed by atoms with van der Waals surface area (Å²) in [5.74, 6) is -0.369. The number of rotatable bonds is 8. The van der Waals surface area contributed by atoms with E-state index in [2.05, 4.69) is 0 Å². The van der Waals surface area contributed by atoms with E-state index in [0.29, 0.717) is 17.2 Å². The van der Waals surface area contributed by atoms with Crippen molar-refractivity contribution in [3.05, 3.63) is 102 Å². The van der Waals surface area contributed by atoms with E-state index in [4.69, 9.17) is 8.92 Å². The highest BCUT2D eigenvalue weighted by atomic mass is 32.2. The van der Waals surface area contributed by atoms with Gasteiger partial charge < -0.3 is 13.8 Å². The first-order valence-corrected chi connectivity index (χ1v) is 13.4. The number of hydrogen-bond acceptors (Lipinski definition) is 5. The highest BCUT2D eigenvalue weighted by molar-refractivity contribution is 7.87. The van der Waals surface area contributed by atoms with Crippen LogP contribution in [0.25, 0.3) is 10.8 Å². The van der Waals surface area contributed by atoms with Gasteiger partial charge in [-0.3, -0.25) is 4.79 Å². The van der Waals surface area contributed by atoms with Crippen molar-refractivity contribution in [2.75, 3.05) is 7.11 Å². The molecule has 0 aliphatic carbocycles. The van der Waals surface area contributed by atoms with Gasteiger partial charge in [0, 0.05) is 18.2 Å². The average Bonchev–Trinajstić information content (AvgIpc) is 2.90. The molecule has 10 heteroatoms. The maximum atomic E-state index is 13.5. The molecule has 4 rings (SSSR count). The summed E-state index contributed by atoms with van der Waals surface area (Å²) >= 11 is 0. The van der Waals surface area contributed by atoms with Gasteiger partial charge in [0.2, 0.25) is 0 Å². The Morgan fingerprint density at radius 3 is 2.26 bits per heavy atom. The van der Waals surface area contributed by atoms with E-state index in [1.807, 2.05) is 50.2 Å². The Labute approximate surface area is 224 Å². The molecule has 204 valence electrons. The zero-order valence-corrected chi connectivity index (χ0v) is 22.2. The van der Waals surface area contributed by atoms with Crippen LogP contribution in [0.15, 0.2) is 89.8 Å². The maximum Gasteiger partial charge on any atom is 0.416 e. The number of benzene rings is 4. The molecule has 4 aromatic carbocycles. The zero-order valence-electron chi connectivity index (χ0n) is 21.4. The standard InChI is InChI=1S/C29H26F3NO5S/c1-19(2)33(28(34)23-13-12-21-7-4-5-8-22(21)16-23)18-20-11-14-26(37-3)27(15-20)38-39(35,36)25-10-6-9-24(17-25)29(30,31)32/h4-17,19H,18H2,1-3H3. The second-order valence-corrected chi connectivity index (χ2v) is 10.7. The highest BCUT2D eigenvalue weighted by Gasteiger charge is 2.32. The number of methoxy groups -OCH3 is 1. The molecule has 4 aromatic rings. The summed E-state index contributed by atoms with van der Waals surface area (Å²) in [6.45, 7) is 3.84. The van der Waals surface area contributed by atoms with E-state index in [9.17, 15) is 26.4 Å². The number of ether oxygens (including phenoxy) is 1. The summed E-state index contributed by atoms with van der Waals surface area (Å²) in [6, 6.07) is 20.7. The number of halogens is 3. The summed E-state index contributed by atoms with van der Waals surface area (Å²) in [5, 5.41) is 1.93. The lowest BCUT2D eigenvalue weighted by atomic mass is 10.1. The van der Waals surface area contributed by atoms with Crippen LogP contribution in [0.1, 0.15) is 35.3 Å². The molecule has 0 aliphatic rings. The van der Waals surface area contributed by atoms with Crippen molar-refractivity contribution >= 4 is 26.8 Å². The molecule has 0 saturated carbocycles. The van der Waals surface area contributed by atoms with Crippen LogP contribution in [-0.2, 0) is 22.8 Å². The first-order valence-electron chi connectivity index (χ1n) is 12.0. The molecule has 0 bridgehead atoms. The number of alkyl halides is 3. The molecule has 0 spiro atoms. The summed E-state index contributed by atoms with van der Waals surface area (Å²) in [6.07, 6.45) is -4.72. The fourth-order valence-electron chi connectivity index (χ4n) is 4.05. The lowest BCUT2D eigenvalue weighted by Crippen LogP contribution is -2.36. The van der Waals surface area contributed by atoms with Gasteiger partial charge in [0.25, 0.3) is 5.91 Å². The Morgan fingerprint density at radius 2 is 1.59 bits per heavy atom. The van der Waals surface area contributed by atoms with Crippen molar-refractivity contribution in [2.24, 2.45) is 0 Å². The molecule has 0 aliphatic heterocycles. The van der Waals surface area contributed by atoms with Crippen molar-refractivity contribution in [1.29, 1.82) is 0 Å². The minimum Gasteiger partial charge on any atom is -0.493 e. The van der Waals surface area contributed by atoms with Crippen molar-refractivity contribution in [3.63, 3.8) is 0 Å². The molecule has 0 radical (unpaired) electrons. The van der Waals surface area contributed by atoms with Gasteiger partial charge in [-0.05, 0) is 72.6 Å². The van der Waals surface area contributed by atoms with Crippen LogP contribution < -0.4 is 8.92 Å². The Balaban J connectivity index is 1.63. The summed E-state index contributed by atoms with van der Waals surface area (Å²) in [7, 11) is -3.32. The number of hydrogen-bond donors (Lipinski definition) is 0. The molecule has 0 heterocycles. The third-order valence-electron chi connectivity index (χ3n) is 6.11. The monoisotopic (exact) mass is 557 g/mol. The zero-order chi connectivity index (χ0) is 28.4. The van der Waals surface area contributed by atoms with E-state index in [-0.39, 0.29) is 30.0 Å². The topological polar surface area (TPSA) is 72.9 Å².